The van der Waals surface area contributed by atoms with Gasteiger partial charge in [-0.25, -0.2) is 0 Å². The van der Waals surface area contributed by atoms with Gasteiger partial charge in [0.2, 0.25) is 0 Å². The number of fused-ring (bicyclic) bond motifs is 6. The van der Waals surface area contributed by atoms with Crippen LogP contribution in [0.5, 0.6) is 0 Å². The van der Waals surface area contributed by atoms with E-state index in [1.54, 1.807) is 0 Å². The topological polar surface area (TPSA) is 32.8 Å². The van der Waals surface area contributed by atoms with Crippen molar-refractivity contribution in [3.63, 3.8) is 0 Å². The van der Waals surface area contributed by atoms with Crippen molar-refractivity contribution in [2.75, 3.05) is 9.80 Å². The van der Waals surface area contributed by atoms with Gasteiger partial charge in [-0.3, -0.25) is 0 Å². The second-order valence-corrected chi connectivity index (χ2v) is 18.9. The highest BCUT2D eigenvalue weighted by molar-refractivity contribution is 6.09. The van der Waals surface area contributed by atoms with Gasteiger partial charge in [-0.15, -0.1) is 0 Å². The van der Waals surface area contributed by atoms with E-state index in [2.05, 4.69) is 258 Å². The summed E-state index contributed by atoms with van der Waals surface area (Å²) in [5.41, 5.74) is 24.6. The van der Waals surface area contributed by atoms with Gasteiger partial charge in [0.1, 0.15) is 22.3 Å². The van der Waals surface area contributed by atoms with Crippen LogP contribution in [0.25, 0.3) is 77.3 Å². The van der Waals surface area contributed by atoms with Crippen molar-refractivity contribution in [3.8, 4) is 33.4 Å². The second-order valence-electron chi connectivity index (χ2n) is 18.9. The summed E-state index contributed by atoms with van der Waals surface area (Å²) in [6, 6.07) is 74.2. The van der Waals surface area contributed by atoms with Crippen molar-refractivity contribution in [1.29, 1.82) is 0 Å². The summed E-state index contributed by atoms with van der Waals surface area (Å²) in [6.45, 7) is 13.4. The van der Waals surface area contributed by atoms with E-state index >= 15 is 0 Å². The predicted molar refractivity (Wildman–Crippen MR) is 295 cm³/mol. The van der Waals surface area contributed by atoms with Crippen LogP contribution in [0.15, 0.2) is 215 Å². The molecule has 338 valence electrons. The second kappa shape index (κ2) is 17.2. The first-order valence-electron chi connectivity index (χ1n) is 24.1. The Balaban J connectivity index is 0.955. The van der Waals surface area contributed by atoms with E-state index in [0.717, 1.165) is 66.6 Å². The summed E-state index contributed by atoms with van der Waals surface area (Å²) in [4.78, 5) is 4.87. The van der Waals surface area contributed by atoms with E-state index in [0.29, 0.717) is 0 Å². The molecule has 12 rings (SSSR count). The van der Waals surface area contributed by atoms with Gasteiger partial charge in [0.05, 0.1) is 11.4 Å². The van der Waals surface area contributed by atoms with E-state index in [9.17, 15) is 0 Å². The van der Waals surface area contributed by atoms with Gasteiger partial charge >= 0.3 is 0 Å². The maximum absolute atomic E-state index is 6.45. The number of hydrogen-bond acceptors (Lipinski definition) is 4. The lowest BCUT2D eigenvalue weighted by Gasteiger charge is -2.31. The molecule has 0 fully saturated rings. The average Bonchev–Trinajstić information content (AvgIpc) is 3.94. The molecule has 0 amide bonds. The fourth-order valence-electron chi connectivity index (χ4n) is 10.8. The highest BCUT2D eigenvalue weighted by Crippen LogP contribution is 2.47. The minimum atomic E-state index is 0.876. The third-order valence-corrected chi connectivity index (χ3v) is 14.1. The van der Waals surface area contributed by atoms with E-state index in [-0.39, 0.29) is 0 Å². The Hall–Kier alpha value is -8.60. The SMILES string of the molecule is Cc1ccccc1N(c1ccc2oc3ccc(-c4ccccc4)cc3c2c1)c1c(C)cc(-c2cc(C)c(N(c3ccc4oc5ccc(-c6ccccc6)cc5c4c3)c3ccccc3C)c(C)c2)cc1C. The molecule has 0 aliphatic heterocycles. The van der Waals surface area contributed by atoms with Crippen LogP contribution in [0.4, 0.5) is 34.1 Å². The van der Waals surface area contributed by atoms with Crippen LogP contribution in [-0.4, -0.2) is 0 Å². The van der Waals surface area contributed by atoms with E-state index < -0.39 is 0 Å². The smallest absolute Gasteiger partial charge is 0.135 e. The molecule has 2 heterocycles. The zero-order chi connectivity index (χ0) is 47.6. The number of hydrogen-bond donors (Lipinski definition) is 0. The molecular formula is C66H52N2O2. The molecule has 0 atom stereocenters. The quantitative estimate of drug-likeness (QED) is 0.144. The molecule has 70 heavy (non-hydrogen) atoms. The summed E-state index contributed by atoms with van der Waals surface area (Å²) < 4.78 is 12.9. The summed E-state index contributed by atoms with van der Waals surface area (Å²) in [5, 5.41) is 4.40. The van der Waals surface area contributed by atoms with Gasteiger partial charge in [-0.05, 0) is 205 Å². The van der Waals surface area contributed by atoms with Crippen molar-refractivity contribution in [3.05, 3.63) is 240 Å². The van der Waals surface area contributed by atoms with Crippen molar-refractivity contribution in [2.45, 2.75) is 41.5 Å². The molecule has 0 saturated heterocycles. The maximum Gasteiger partial charge on any atom is 0.135 e. The van der Waals surface area contributed by atoms with E-state index in [1.165, 1.54) is 78.1 Å². The number of nitrogens with zero attached hydrogens (tertiary/aromatic N) is 2. The van der Waals surface area contributed by atoms with Gasteiger partial charge in [0.25, 0.3) is 0 Å². The molecule has 2 aromatic heterocycles. The molecule has 4 nitrogen and oxygen atoms in total. The van der Waals surface area contributed by atoms with Crippen molar-refractivity contribution in [2.24, 2.45) is 0 Å². The first kappa shape index (κ1) is 42.7. The van der Waals surface area contributed by atoms with Crippen molar-refractivity contribution < 1.29 is 8.83 Å². The number of furan rings is 2. The Bertz CT molecular complexity index is 3670. The molecule has 0 saturated carbocycles. The van der Waals surface area contributed by atoms with Crippen LogP contribution in [0.1, 0.15) is 33.4 Å². The summed E-state index contributed by atoms with van der Waals surface area (Å²) >= 11 is 0. The standard InChI is InChI=1S/C66H52N2O2/c1-41-17-13-15-23-59(41)67(53-27-31-63-57(39-53)55-37-49(25-29-61(55)69-63)47-19-9-7-10-20-47)65-43(3)33-51(34-44(65)4)52-35-45(5)66(46(6)36-52)68(60-24-16-14-18-42(60)2)54-28-32-64-58(40-54)56-38-50(26-30-62(56)70-64)48-21-11-8-12-22-48/h7-40H,1-6H3. The number of aryl methyl sites for hydroxylation is 6. The fraction of sp³-hybridized carbons (Fsp3) is 0.0909. The van der Waals surface area contributed by atoms with Gasteiger partial charge in [-0.2, -0.15) is 0 Å². The van der Waals surface area contributed by atoms with Crippen LogP contribution in [0.2, 0.25) is 0 Å². The van der Waals surface area contributed by atoms with E-state index in [4.69, 9.17) is 8.83 Å². The minimum absolute atomic E-state index is 0.876. The highest BCUT2D eigenvalue weighted by atomic mass is 16.3. The van der Waals surface area contributed by atoms with Crippen LogP contribution in [0, 0.1) is 41.5 Å². The van der Waals surface area contributed by atoms with Crippen LogP contribution in [-0.2, 0) is 0 Å². The minimum Gasteiger partial charge on any atom is -0.456 e. The monoisotopic (exact) mass is 904 g/mol. The number of rotatable bonds is 9. The third-order valence-electron chi connectivity index (χ3n) is 14.1. The summed E-state index contributed by atoms with van der Waals surface area (Å²) in [5.74, 6) is 0. The molecule has 10 aromatic carbocycles. The lowest BCUT2D eigenvalue weighted by molar-refractivity contribution is 0.668. The van der Waals surface area contributed by atoms with E-state index in [1.807, 2.05) is 0 Å². The van der Waals surface area contributed by atoms with Gasteiger partial charge in [-0.1, -0.05) is 109 Å². The zero-order valence-corrected chi connectivity index (χ0v) is 40.3. The molecule has 0 aliphatic carbocycles. The molecule has 0 spiro atoms. The molecule has 0 bridgehead atoms. The summed E-state index contributed by atoms with van der Waals surface area (Å²) in [6.07, 6.45) is 0. The number of benzene rings is 10. The Labute approximate surface area is 409 Å². The zero-order valence-electron chi connectivity index (χ0n) is 40.3. The summed E-state index contributed by atoms with van der Waals surface area (Å²) in [7, 11) is 0. The molecular weight excluding hydrogens is 853 g/mol. The highest BCUT2D eigenvalue weighted by Gasteiger charge is 2.24. The molecule has 0 radical (unpaired) electrons. The van der Waals surface area contributed by atoms with Gasteiger partial charge < -0.3 is 18.6 Å². The molecule has 0 aliphatic rings. The van der Waals surface area contributed by atoms with Crippen LogP contribution < -0.4 is 9.80 Å². The molecule has 0 N–H and O–H groups in total. The lowest BCUT2D eigenvalue weighted by atomic mass is 9.93. The van der Waals surface area contributed by atoms with Gasteiger partial charge in [0, 0.05) is 44.3 Å². The third kappa shape index (κ3) is 7.41. The number of anilines is 6. The van der Waals surface area contributed by atoms with Crippen molar-refractivity contribution >= 4 is 78.0 Å². The molecule has 0 unspecified atom stereocenters. The first-order valence-corrected chi connectivity index (χ1v) is 24.1. The van der Waals surface area contributed by atoms with Gasteiger partial charge in [0.15, 0.2) is 0 Å². The Morgan fingerprint density at radius 1 is 0.257 bits per heavy atom. The van der Waals surface area contributed by atoms with Crippen LogP contribution in [0.3, 0.4) is 0 Å². The Morgan fingerprint density at radius 3 is 0.957 bits per heavy atom. The Kier molecular flexibility index (Phi) is 10.5. The fourth-order valence-corrected chi connectivity index (χ4v) is 10.8. The molecule has 12 aromatic rings. The number of para-hydroxylation sites is 2. The largest absolute Gasteiger partial charge is 0.456 e. The van der Waals surface area contributed by atoms with Crippen LogP contribution >= 0.6 is 0 Å². The Morgan fingerprint density at radius 2 is 0.586 bits per heavy atom. The maximum atomic E-state index is 6.45. The normalized spacial score (nSPS) is 11.6. The molecule has 4 heteroatoms. The lowest BCUT2D eigenvalue weighted by Crippen LogP contribution is -2.14. The first-order chi connectivity index (χ1) is 34.2. The average molecular weight is 905 g/mol. The predicted octanol–water partition coefficient (Wildman–Crippen LogP) is 19.3. The van der Waals surface area contributed by atoms with Crippen molar-refractivity contribution in [1.82, 2.24) is 0 Å².